The minimum absolute atomic E-state index is 0.156. The van der Waals surface area contributed by atoms with E-state index in [1.165, 1.54) is 19.4 Å². The number of methoxy groups -OCH3 is 1. The van der Waals surface area contributed by atoms with Crippen LogP contribution in [-0.4, -0.2) is 25.8 Å². The summed E-state index contributed by atoms with van der Waals surface area (Å²) < 4.78 is 49.5. The van der Waals surface area contributed by atoms with Gasteiger partial charge in [0.15, 0.2) is 11.5 Å². The first kappa shape index (κ1) is 21.5. The number of carbonyl (C=O) groups is 1. The molecule has 1 amide bonds. The molecule has 0 aliphatic carbocycles. The van der Waals surface area contributed by atoms with Gasteiger partial charge in [0.2, 0.25) is 0 Å². The van der Waals surface area contributed by atoms with Gasteiger partial charge in [0, 0.05) is 15.6 Å². The average Bonchev–Trinajstić information content (AvgIpc) is 2.67. The standard InChI is InChI=1S/C19H16BrF3N2O3/c1-3-7-28-17-10-15(20)13(9-16(17)27-2)11-24-25-18(26)12-5-4-6-14(8-12)19(21,22)23/h3-6,8-11H,1,7H2,2H3,(H,25,26). The number of hydrogen-bond donors (Lipinski definition) is 1. The number of carbonyl (C=O) groups excluding carboxylic acids is 1. The third-order valence-electron chi connectivity index (χ3n) is 3.46. The molecular weight excluding hydrogens is 441 g/mol. The average molecular weight is 457 g/mol. The number of benzene rings is 2. The zero-order valence-corrected chi connectivity index (χ0v) is 16.3. The fourth-order valence-electron chi connectivity index (χ4n) is 2.13. The molecule has 0 aromatic heterocycles. The van der Waals surface area contributed by atoms with Gasteiger partial charge in [-0.15, -0.1) is 0 Å². The molecule has 0 saturated carbocycles. The SMILES string of the molecule is C=CCOc1cc(Br)c(C=NNC(=O)c2cccc(C(F)(F)F)c2)cc1OC. The van der Waals surface area contributed by atoms with Crippen molar-refractivity contribution in [1.82, 2.24) is 5.43 Å². The number of alkyl halides is 3. The van der Waals surface area contributed by atoms with E-state index < -0.39 is 17.6 Å². The Morgan fingerprint density at radius 3 is 2.68 bits per heavy atom. The van der Waals surface area contributed by atoms with E-state index >= 15 is 0 Å². The van der Waals surface area contributed by atoms with Crippen LogP contribution in [0, 0.1) is 0 Å². The Balaban J connectivity index is 2.14. The number of ether oxygens (including phenoxy) is 2. The number of hydrogen-bond acceptors (Lipinski definition) is 4. The van der Waals surface area contributed by atoms with Gasteiger partial charge in [-0.2, -0.15) is 18.3 Å². The molecule has 0 spiro atoms. The smallest absolute Gasteiger partial charge is 0.416 e. The summed E-state index contributed by atoms with van der Waals surface area (Å²) in [7, 11) is 1.47. The van der Waals surface area contributed by atoms with Gasteiger partial charge >= 0.3 is 6.18 Å². The van der Waals surface area contributed by atoms with E-state index in [9.17, 15) is 18.0 Å². The van der Waals surface area contributed by atoms with Crippen molar-refractivity contribution in [2.24, 2.45) is 5.10 Å². The van der Waals surface area contributed by atoms with Crippen LogP contribution in [0.4, 0.5) is 13.2 Å². The van der Waals surface area contributed by atoms with Gasteiger partial charge in [-0.25, -0.2) is 5.43 Å². The van der Waals surface area contributed by atoms with Crippen molar-refractivity contribution in [2.75, 3.05) is 13.7 Å². The predicted octanol–water partition coefficient (Wildman–Crippen LogP) is 4.81. The Labute approximate surface area is 168 Å². The number of rotatable bonds is 7. The predicted molar refractivity (Wildman–Crippen MR) is 103 cm³/mol. The van der Waals surface area contributed by atoms with Crippen molar-refractivity contribution in [3.63, 3.8) is 0 Å². The second-order valence-corrected chi connectivity index (χ2v) is 6.26. The molecule has 0 aliphatic heterocycles. The molecule has 0 aliphatic rings. The van der Waals surface area contributed by atoms with Crippen LogP contribution in [-0.2, 0) is 6.18 Å². The lowest BCUT2D eigenvalue weighted by Gasteiger charge is -2.11. The first-order chi connectivity index (χ1) is 13.3. The first-order valence-corrected chi connectivity index (χ1v) is 8.67. The van der Waals surface area contributed by atoms with Crippen LogP contribution >= 0.6 is 15.9 Å². The lowest BCUT2D eigenvalue weighted by molar-refractivity contribution is -0.137. The van der Waals surface area contributed by atoms with Crippen molar-refractivity contribution < 1.29 is 27.4 Å². The zero-order valence-electron chi connectivity index (χ0n) is 14.7. The van der Waals surface area contributed by atoms with Gasteiger partial charge in [-0.3, -0.25) is 4.79 Å². The van der Waals surface area contributed by atoms with Gasteiger partial charge in [-0.05, 0) is 46.3 Å². The third-order valence-corrected chi connectivity index (χ3v) is 4.15. The fraction of sp³-hybridized carbons (Fsp3) is 0.158. The Morgan fingerprint density at radius 1 is 1.29 bits per heavy atom. The first-order valence-electron chi connectivity index (χ1n) is 7.88. The molecule has 1 N–H and O–H groups in total. The molecule has 0 fully saturated rings. The molecule has 0 saturated heterocycles. The van der Waals surface area contributed by atoms with Gasteiger partial charge in [0.05, 0.1) is 18.9 Å². The molecule has 2 rings (SSSR count). The summed E-state index contributed by atoms with van der Waals surface area (Å²) in [5.41, 5.74) is 1.69. The number of hydrazone groups is 1. The number of nitrogens with one attached hydrogen (secondary N) is 1. The summed E-state index contributed by atoms with van der Waals surface area (Å²) in [6, 6.07) is 7.37. The monoisotopic (exact) mass is 456 g/mol. The summed E-state index contributed by atoms with van der Waals surface area (Å²) in [5.74, 6) is 0.159. The van der Waals surface area contributed by atoms with Crippen LogP contribution in [0.15, 0.2) is 58.6 Å². The van der Waals surface area contributed by atoms with E-state index in [2.05, 4.69) is 33.0 Å². The lowest BCUT2D eigenvalue weighted by Crippen LogP contribution is -2.18. The van der Waals surface area contributed by atoms with Crippen molar-refractivity contribution in [3.05, 3.63) is 70.2 Å². The molecule has 0 unspecified atom stereocenters. The van der Waals surface area contributed by atoms with E-state index in [1.807, 2.05) is 0 Å². The topological polar surface area (TPSA) is 59.9 Å². The molecule has 0 bridgehead atoms. The van der Waals surface area contributed by atoms with Crippen LogP contribution in [0.2, 0.25) is 0 Å². The Hall–Kier alpha value is -2.81. The van der Waals surface area contributed by atoms with E-state index in [4.69, 9.17) is 9.47 Å². The minimum Gasteiger partial charge on any atom is -0.493 e. The maximum atomic E-state index is 12.7. The van der Waals surface area contributed by atoms with Gasteiger partial charge in [-0.1, -0.05) is 18.7 Å². The largest absolute Gasteiger partial charge is 0.493 e. The summed E-state index contributed by atoms with van der Waals surface area (Å²) in [6.45, 7) is 3.87. The normalized spacial score (nSPS) is 11.3. The molecule has 0 radical (unpaired) electrons. The van der Waals surface area contributed by atoms with Gasteiger partial charge < -0.3 is 9.47 Å². The quantitative estimate of drug-likeness (QED) is 0.369. The summed E-state index contributed by atoms with van der Waals surface area (Å²) in [6.07, 6.45) is -1.61. The molecule has 148 valence electrons. The molecule has 2 aromatic carbocycles. The highest BCUT2D eigenvalue weighted by atomic mass is 79.9. The summed E-state index contributed by atoms with van der Waals surface area (Å²) in [5, 5.41) is 3.79. The van der Waals surface area contributed by atoms with Crippen LogP contribution in [0.25, 0.3) is 0 Å². The number of halogens is 4. The fourth-order valence-corrected chi connectivity index (χ4v) is 2.56. The van der Waals surface area contributed by atoms with Crippen molar-refractivity contribution >= 4 is 28.1 Å². The number of nitrogens with zero attached hydrogens (tertiary/aromatic N) is 1. The Kier molecular flexibility index (Phi) is 7.22. The van der Waals surface area contributed by atoms with Crippen LogP contribution in [0.3, 0.4) is 0 Å². The van der Waals surface area contributed by atoms with Crippen molar-refractivity contribution in [1.29, 1.82) is 0 Å². The van der Waals surface area contributed by atoms with E-state index in [-0.39, 0.29) is 5.56 Å². The van der Waals surface area contributed by atoms with E-state index in [0.29, 0.717) is 28.1 Å². The van der Waals surface area contributed by atoms with Gasteiger partial charge in [0.25, 0.3) is 5.91 Å². The van der Waals surface area contributed by atoms with Crippen molar-refractivity contribution in [3.8, 4) is 11.5 Å². The highest BCUT2D eigenvalue weighted by molar-refractivity contribution is 9.10. The van der Waals surface area contributed by atoms with E-state index in [1.54, 1.807) is 18.2 Å². The molecular formula is C19H16BrF3N2O3. The molecule has 9 heteroatoms. The third kappa shape index (κ3) is 5.59. The van der Waals surface area contributed by atoms with E-state index in [0.717, 1.165) is 18.2 Å². The second kappa shape index (κ2) is 9.41. The molecule has 2 aromatic rings. The van der Waals surface area contributed by atoms with Crippen LogP contribution in [0.1, 0.15) is 21.5 Å². The maximum Gasteiger partial charge on any atom is 0.416 e. The van der Waals surface area contributed by atoms with Crippen molar-refractivity contribution in [2.45, 2.75) is 6.18 Å². The van der Waals surface area contributed by atoms with Crippen LogP contribution in [0.5, 0.6) is 11.5 Å². The Morgan fingerprint density at radius 2 is 2.04 bits per heavy atom. The lowest BCUT2D eigenvalue weighted by atomic mass is 10.1. The molecule has 0 heterocycles. The maximum absolute atomic E-state index is 12.7. The zero-order chi connectivity index (χ0) is 20.7. The minimum atomic E-state index is -4.53. The molecule has 5 nitrogen and oxygen atoms in total. The highest BCUT2D eigenvalue weighted by Gasteiger charge is 2.30. The van der Waals surface area contributed by atoms with Crippen LogP contribution < -0.4 is 14.9 Å². The summed E-state index contributed by atoms with van der Waals surface area (Å²) in [4.78, 5) is 12.0. The number of amides is 1. The molecule has 0 atom stereocenters. The molecule has 28 heavy (non-hydrogen) atoms. The van der Waals surface area contributed by atoms with Gasteiger partial charge in [0.1, 0.15) is 6.61 Å². The second-order valence-electron chi connectivity index (χ2n) is 5.40. The Bertz CT molecular complexity index is 898. The highest BCUT2D eigenvalue weighted by Crippen LogP contribution is 2.33. The summed E-state index contributed by atoms with van der Waals surface area (Å²) >= 11 is 3.36.